The molecule has 7 nitrogen and oxygen atoms in total. The summed E-state index contributed by atoms with van der Waals surface area (Å²) >= 11 is 0. The normalized spacial score (nSPS) is 25.0. The molecule has 0 aromatic carbocycles. The lowest BCUT2D eigenvalue weighted by atomic mass is 9.71. The SMILES string of the molecule is Cc1nn(CC2(O)CC(C#N)C2)c(C)c1S(=O)(=O)NC(C)(C)C. The van der Waals surface area contributed by atoms with Gasteiger partial charge in [0.05, 0.1) is 35.5 Å². The standard InChI is InChI=1S/C15H24N4O3S/c1-10-13(23(21,22)18-14(3,4)5)11(2)19(17-10)9-15(20)6-12(7-15)8-16/h12,18,20H,6-7,9H2,1-5H3. The zero-order valence-corrected chi connectivity index (χ0v) is 15.0. The molecule has 23 heavy (non-hydrogen) atoms. The molecule has 1 fully saturated rings. The molecular formula is C15H24N4O3S. The van der Waals surface area contributed by atoms with E-state index in [1.165, 1.54) is 4.68 Å². The number of sulfonamides is 1. The molecule has 8 heteroatoms. The molecule has 0 unspecified atom stereocenters. The van der Waals surface area contributed by atoms with Crippen LogP contribution in [0.15, 0.2) is 4.90 Å². The summed E-state index contributed by atoms with van der Waals surface area (Å²) in [4.78, 5) is 0.159. The van der Waals surface area contributed by atoms with Crippen molar-refractivity contribution >= 4 is 10.0 Å². The Balaban J connectivity index is 2.29. The summed E-state index contributed by atoms with van der Waals surface area (Å²) in [6.07, 6.45) is 0.786. The molecule has 1 heterocycles. The second-order valence-corrected chi connectivity index (χ2v) is 9.09. The van der Waals surface area contributed by atoms with E-state index in [0.717, 1.165) is 0 Å². The van der Waals surface area contributed by atoms with Gasteiger partial charge in [-0.25, -0.2) is 13.1 Å². The minimum absolute atomic E-state index is 0.136. The zero-order valence-electron chi connectivity index (χ0n) is 14.2. The summed E-state index contributed by atoms with van der Waals surface area (Å²) in [6, 6.07) is 2.13. The van der Waals surface area contributed by atoms with E-state index in [2.05, 4.69) is 15.9 Å². The van der Waals surface area contributed by atoms with Crippen molar-refractivity contribution in [2.24, 2.45) is 5.92 Å². The molecule has 128 valence electrons. The number of nitrogens with one attached hydrogen (secondary N) is 1. The molecule has 0 radical (unpaired) electrons. The van der Waals surface area contributed by atoms with Gasteiger partial charge < -0.3 is 5.11 Å². The first-order chi connectivity index (χ1) is 10.4. The highest BCUT2D eigenvalue weighted by molar-refractivity contribution is 7.89. The van der Waals surface area contributed by atoms with Crippen molar-refractivity contribution in [3.05, 3.63) is 11.4 Å². The maximum atomic E-state index is 12.6. The first-order valence-corrected chi connectivity index (χ1v) is 9.05. The molecule has 0 atom stereocenters. The molecule has 2 rings (SSSR count). The van der Waals surface area contributed by atoms with Gasteiger partial charge in [0.25, 0.3) is 0 Å². The van der Waals surface area contributed by atoms with Crippen molar-refractivity contribution < 1.29 is 13.5 Å². The minimum atomic E-state index is -3.69. The number of nitriles is 1. The van der Waals surface area contributed by atoms with Gasteiger partial charge in [-0.1, -0.05) is 0 Å². The molecule has 0 spiro atoms. The summed E-state index contributed by atoms with van der Waals surface area (Å²) in [5, 5.41) is 23.5. The highest BCUT2D eigenvalue weighted by Gasteiger charge is 2.44. The fourth-order valence-corrected chi connectivity index (χ4v) is 4.87. The quantitative estimate of drug-likeness (QED) is 0.857. The summed E-state index contributed by atoms with van der Waals surface area (Å²) < 4.78 is 29.3. The van der Waals surface area contributed by atoms with Gasteiger partial charge in [-0.05, 0) is 47.5 Å². The van der Waals surface area contributed by atoms with Crippen LogP contribution in [-0.4, -0.2) is 34.4 Å². The van der Waals surface area contributed by atoms with Crippen molar-refractivity contribution in [3.8, 4) is 6.07 Å². The van der Waals surface area contributed by atoms with E-state index in [0.29, 0.717) is 24.2 Å². The van der Waals surface area contributed by atoms with Crippen molar-refractivity contribution in [2.45, 2.75) is 70.0 Å². The van der Waals surface area contributed by atoms with Crippen molar-refractivity contribution in [2.75, 3.05) is 0 Å². The summed E-state index contributed by atoms with van der Waals surface area (Å²) in [6.45, 7) is 8.85. The van der Waals surface area contributed by atoms with Crippen molar-refractivity contribution in [1.29, 1.82) is 5.26 Å². The number of aryl methyl sites for hydroxylation is 1. The molecule has 1 aromatic heterocycles. The van der Waals surface area contributed by atoms with Gasteiger partial charge >= 0.3 is 0 Å². The van der Waals surface area contributed by atoms with Gasteiger partial charge in [0.1, 0.15) is 4.90 Å². The first-order valence-electron chi connectivity index (χ1n) is 7.57. The molecule has 1 aliphatic carbocycles. The molecule has 0 aliphatic heterocycles. The highest BCUT2D eigenvalue weighted by Crippen LogP contribution is 2.39. The Hall–Kier alpha value is -1.43. The van der Waals surface area contributed by atoms with Crippen LogP contribution in [0.3, 0.4) is 0 Å². The predicted octanol–water partition coefficient (Wildman–Crippen LogP) is 1.24. The molecule has 0 amide bonds. The number of rotatable bonds is 4. The average molecular weight is 340 g/mol. The maximum absolute atomic E-state index is 12.6. The van der Waals surface area contributed by atoms with E-state index in [4.69, 9.17) is 5.26 Å². The first kappa shape index (κ1) is 17.9. The van der Waals surface area contributed by atoms with E-state index in [-0.39, 0.29) is 17.4 Å². The molecule has 2 N–H and O–H groups in total. The van der Waals surface area contributed by atoms with E-state index in [9.17, 15) is 13.5 Å². The van der Waals surface area contributed by atoms with Crippen molar-refractivity contribution in [3.63, 3.8) is 0 Å². The monoisotopic (exact) mass is 340 g/mol. The van der Waals surface area contributed by atoms with Crippen LogP contribution in [0.25, 0.3) is 0 Å². The molecule has 1 saturated carbocycles. The molecule has 1 aromatic rings. The van der Waals surface area contributed by atoms with Crippen LogP contribution in [0.1, 0.15) is 45.0 Å². The summed E-state index contributed by atoms with van der Waals surface area (Å²) in [5.74, 6) is -0.136. The van der Waals surface area contributed by atoms with E-state index in [1.54, 1.807) is 34.6 Å². The van der Waals surface area contributed by atoms with E-state index < -0.39 is 21.2 Å². The Kier molecular flexibility index (Phi) is 4.35. The molecule has 0 bridgehead atoms. The third-order valence-corrected chi connectivity index (χ3v) is 5.91. The summed E-state index contributed by atoms with van der Waals surface area (Å²) in [5.41, 5.74) is -0.680. The number of aliphatic hydroxyl groups is 1. The maximum Gasteiger partial charge on any atom is 0.244 e. The van der Waals surface area contributed by atoms with Gasteiger partial charge in [-0.2, -0.15) is 10.4 Å². The minimum Gasteiger partial charge on any atom is -0.388 e. The number of aromatic nitrogens is 2. The fraction of sp³-hybridized carbons (Fsp3) is 0.733. The predicted molar refractivity (Wildman–Crippen MR) is 85.1 cm³/mol. The summed E-state index contributed by atoms with van der Waals surface area (Å²) in [7, 11) is -3.69. The van der Waals surface area contributed by atoms with Gasteiger partial charge in [0.2, 0.25) is 10.0 Å². The van der Waals surface area contributed by atoms with Crippen LogP contribution < -0.4 is 4.72 Å². The Morgan fingerprint density at radius 2 is 2.00 bits per heavy atom. The Morgan fingerprint density at radius 1 is 1.43 bits per heavy atom. The third kappa shape index (κ3) is 3.74. The van der Waals surface area contributed by atoms with Gasteiger partial charge in [0.15, 0.2) is 0 Å². The van der Waals surface area contributed by atoms with Crippen LogP contribution >= 0.6 is 0 Å². The molecule has 0 saturated heterocycles. The number of hydrogen-bond acceptors (Lipinski definition) is 5. The van der Waals surface area contributed by atoms with Crippen LogP contribution in [0.4, 0.5) is 0 Å². The van der Waals surface area contributed by atoms with Crippen LogP contribution in [-0.2, 0) is 16.6 Å². The fourth-order valence-electron chi connectivity index (χ4n) is 3.03. The Morgan fingerprint density at radius 3 is 2.48 bits per heavy atom. The lowest BCUT2D eigenvalue weighted by molar-refractivity contribution is -0.0723. The molecule has 1 aliphatic rings. The number of nitrogens with zero attached hydrogens (tertiary/aromatic N) is 3. The smallest absolute Gasteiger partial charge is 0.244 e. The molecular weight excluding hydrogens is 316 g/mol. The van der Waals surface area contributed by atoms with E-state index >= 15 is 0 Å². The highest BCUT2D eigenvalue weighted by atomic mass is 32.2. The van der Waals surface area contributed by atoms with Crippen molar-refractivity contribution in [1.82, 2.24) is 14.5 Å². The zero-order chi connectivity index (χ0) is 17.6. The second-order valence-electron chi connectivity index (χ2n) is 7.47. The third-order valence-electron chi connectivity index (χ3n) is 3.90. The van der Waals surface area contributed by atoms with Crippen LogP contribution in [0.2, 0.25) is 0 Å². The Labute approximate surface area is 137 Å². The van der Waals surface area contributed by atoms with Crippen LogP contribution in [0, 0.1) is 31.1 Å². The largest absolute Gasteiger partial charge is 0.388 e. The van der Waals surface area contributed by atoms with Crippen LogP contribution in [0.5, 0.6) is 0 Å². The van der Waals surface area contributed by atoms with Gasteiger partial charge in [-0.15, -0.1) is 0 Å². The average Bonchev–Trinajstić information content (AvgIpc) is 2.58. The lowest BCUT2D eigenvalue weighted by Crippen LogP contribution is -2.47. The Bertz CT molecular complexity index is 747. The van der Waals surface area contributed by atoms with Gasteiger partial charge in [-0.3, -0.25) is 4.68 Å². The van der Waals surface area contributed by atoms with E-state index in [1.807, 2.05) is 0 Å². The van der Waals surface area contributed by atoms with Gasteiger partial charge in [0, 0.05) is 5.54 Å². The topological polar surface area (TPSA) is 108 Å². The second kappa shape index (κ2) is 5.58. The lowest BCUT2D eigenvalue weighted by Gasteiger charge is -2.40. The number of hydrogen-bond donors (Lipinski definition) is 2.